The Morgan fingerprint density at radius 3 is 2.69 bits per heavy atom. The number of Topliss-reactive ketones (excluding diaryl/α,β-unsaturated/α-hetero) is 1. The summed E-state index contributed by atoms with van der Waals surface area (Å²) < 4.78 is 11.3. The van der Waals surface area contributed by atoms with Crippen LogP contribution in [0.4, 0.5) is 0 Å². The fourth-order valence-corrected chi connectivity index (χ4v) is 8.81. The molecule has 3 saturated carbocycles. The number of fused-ring (bicyclic) bond motifs is 5. The number of ketones is 2. The van der Waals surface area contributed by atoms with Gasteiger partial charge in [-0.2, -0.15) is 0 Å². The van der Waals surface area contributed by atoms with E-state index in [1.54, 1.807) is 12.1 Å². The topological polar surface area (TPSA) is 93.8 Å². The first-order chi connectivity index (χ1) is 16.5. The molecular formula is C27H30Cl2O6. The summed E-state index contributed by atoms with van der Waals surface area (Å²) in [6, 6.07) is 3.07. The minimum Gasteiger partial charge on any atom is -0.457 e. The second kappa shape index (κ2) is 8.06. The van der Waals surface area contributed by atoms with Crippen LogP contribution in [-0.2, 0) is 14.3 Å². The zero-order chi connectivity index (χ0) is 25.4. The number of carbonyl (C=O) groups excluding carboxylic acids is 3. The summed E-state index contributed by atoms with van der Waals surface area (Å²) >= 11 is 13.6. The molecule has 3 fully saturated rings. The molecule has 0 radical (unpaired) electrons. The summed E-state index contributed by atoms with van der Waals surface area (Å²) in [5.41, 5.74) is -2.20. The molecule has 8 atom stereocenters. The molecule has 0 aliphatic heterocycles. The van der Waals surface area contributed by atoms with Crippen molar-refractivity contribution in [1.82, 2.24) is 0 Å². The van der Waals surface area contributed by atoms with Crippen LogP contribution in [0, 0.1) is 28.6 Å². The van der Waals surface area contributed by atoms with Crippen molar-refractivity contribution in [2.45, 2.75) is 63.0 Å². The highest BCUT2D eigenvalue weighted by Crippen LogP contribution is 2.72. The lowest BCUT2D eigenvalue weighted by molar-refractivity contribution is -0.177. The molecule has 0 amide bonds. The number of aliphatic hydroxyl groups is 1. The summed E-state index contributed by atoms with van der Waals surface area (Å²) in [7, 11) is 0. The van der Waals surface area contributed by atoms with Gasteiger partial charge in [0.2, 0.25) is 5.76 Å². The van der Waals surface area contributed by atoms with Crippen LogP contribution in [0.15, 0.2) is 46.6 Å². The van der Waals surface area contributed by atoms with E-state index < -0.39 is 33.4 Å². The molecule has 8 heteroatoms. The van der Waals surface area contributed by atoms with Crippen LogP contribution in [0.2, 0.25) is 0 Å². The van der Waals surface area contributed by atoms with Gasteiger partial charge in [0, 0.05) is 16.7 Å². The molecule has 1 N–H and O–H groups in total. The van der Waals surface area contributed by atoms with Crippen LogP contribution < -0.4 is 0 Å². The van der Waals surface area contributed by atoms with Crippen LogP contribution in [-0.4, -0.2) is 45.1 Å². The average molecular weight is 521 g/mol. The minimum absolute atomic E-state index is 0.00557. The van der Waals surface area contributed by atoms with Crippen molar-refractivity contribution in [2.24, 2.45) is 28.6 Å². The zero-order valence-corrected chi connectivity index (χ0v) is 21.6. The Balaban J connectivity index is 1.61. The molecule has 0 saturated heterocycles. The number of hydrogen-bond donors (Lipinski definition) is 1. The van der Waals surface area contributed by atoms with Gasteiger partial charge in [0.15, 0.2) is 17.2 Å². The Kier molecular flexibility index (Phi) is 5.71. The van der Waals surface area contributed by atoms with E-state index in [0.717, 1.165) is 5.57 Å². The first-order valence-corrected chi connectivity index (χ1v) is 13.0. The van der Waals surface area contributed by atoms with Gasteiger partial charge in [-0.3, -0.25) is 9.59 Å². The van der Waals surface area contributed by atoms with Gasteiger partial charge in [-0.05, 0) is 61.8 Å². The third-order valence-corrected chi connectivity index (χ3v) is 10.9. The number of carbonyl (C=O) groups is 3. The summed E-state index contributed by atoms with van der Waals surface area (Å²) in [6.45, 7) is 5.81. The normalized spacial score (nSPS) is 44.2. The number of halogens is 2. The first kappa shape index (κ1) is 24.8. The Hall–Kier alpha value is -1.89. The highest BCUT2D eigenvalue weighted by atomic mass is 35.5. The van der Waals surface area contributed by atoms with Crippen molar-refractivity contribution < 1.29 is 28.6 Å². The summed E-state index contributed by atoms with van der Waals surface area (Å²) in [5, 5.41) is 11.8. The predicted molar refractivity (Wildman–Crippen MR) is 130 cm³/mol. The molecule has 188 valence electrons. The number of allylic oxidation sites excluding steroid dienone is 4. The van der Waals surface area contributed by atoms with Crippen molar-refractivity contribution >= 4 is 40.7 Å². The number of ether oxygens (including phenoxy) is 1. The van der Waals surface area contributed by atoms with Crippen molar-refractivity contribution in [2.75, 3.05) is 5.88 Å². The van der Waals surface area contributed by atoms with Gasteiger partial charge in [-0.1, -0.05) is 32.4 Å². The molecule has 35 heavy (non-hydrogen) atoms. The molecular weight excluding hydrogens is 491 g/mol. The van der Waals surface area contributed by atoms with Gasteiger partial charge < -0.3 is 14.3 Å². The van der Waals surface area contributed by atoms with Crippen LogP contribution in [0.1, 0.15) is 57.0 Å². The fourth-order valence-electron chi connectivity index (χ4n) is 8.09. The third kappa shape index (κ3) is 3.02. The highest BCUT2D eigenvalue weighted by Gasteiger charge is 2.76. The maximum atomic E-state index is 13.6. The summed E-state index contributed by atoms with van der Waals surface area (Å²) in [6.07, 6.45) is 7.44. The molecule has 1 aromatic rings. The van der Waals surface area contributed by atoms with E-state index in [0.29, 0.717) is 19.3 Å². The second-order valence-corrected chi connectivity index (χ2v) is 12.0. The number of alkyl halides is 2. The van der Waals surface area contributed by atoms with Gasteiger partial charge in [0.05, 0.1) is 23.1 Å². The maximum absolute atomic E-state index is 13.6. The summed E-state index contributed by atoms with van der Waals surface area (Å²) in [4.78, 5) is 37.7. The number of aliphatic hydroxyl groups excluding tert-OH is 1. The zero-order valence-electron chi connectivity index (χ0n) is 20.1. The predicted octanol–water partition coefficient (Wildman–Crippen LogP) is 4.87. The average Bonchev–Trinajstić information content (AvgIpc) is 3.42. The molecule has 6 nitrogen and oxygen atoms in total. The van der Waals surface area contributed by atoms with Gasteiger partial charge in [0.1, 0.15) is 0 Å². The largest absolute Gasteiger partial charge is 0.457 e. The molecule has 4 aliphatic rings. The standard InChI is InChI=1S/C27H30Cl2O6/c1-15-11-19-18-7-6-16-12-17(30)8-9-24(16,2)26(18,29)21(31)13-25(19,3)27(15,22(32)14-28)35-23(33)20-5-4-10-34-20/h4-5,8-10,12,15,18-19,21,31H,6-7,11,13-14H2,1-3H3/t15-,18+,19?,21+,24+,25+,26+,27+/m1/s1. The van der Waals surface area contributed by atoms with Gasteiger partial charge in [0.25, 0.3) is 0 Å². The SMILES string of the molecule is C[C@@H]1CC2[C@@H]3CCC4=CC(=O)C=C[C@]4(C)[C@@]3(Cl)[C@@H](O)C[C@]2(C)[C@@]1(OC(=O)c1ccco1)C(=O)CCl. The Labute approximate surface area is 214 Å². The first-order valence-electron chi connectivity index (χ1n) is 12.1. The van der Waals surface area contributed by atoms with Crippen molar-refractivity contribution in [3.8, 4) is 0 Å². The highest BCUT2D eigenvalue weighted by molar-refractivity contribution is 6.29. The van der Waals surface area contributed by atoms with Crippen LogP contribution >= 0.6 is 23.2 Å². The molecule has 5 rings (SSSR count). The van der Waals surface area contributed by atoms with Crippen molar-refractivity contribution in [3.63, 3.8) is 0 Å². The third-order valence-electron chi connectivity index (χ3n) is 9.69. The number of esters is 1. The molecule has 1 heterocycles. The van der Waals surface area contributed by atoms with E-state index in [9.17, 15) is 19.5 Å². The maximum Gasteiger partial charge on any atom is 0.375 e. The monoisotopic (exact) mass is 520 g/mol. The molecule has 0 spiro atoms. The summed E-state index contributed by atoms with van der Waals surface area (Å²) in [5.74, 6) is -2.12. The van der Waals surface area contributed by atoms with E-state index in [4.69, 9.17) is 32.4 Å². The number of furan rings is 1. The second-order valence-electron chi connectivity index (χ2n) is 11.1. The smallest absolute Gasteiger partial charge is 0.375 e. The minimum atomic E-state index is -1.53. The van der Waals surface area contributed by atoms with Gasteiger partial charge >= 0.3 is 5.97 Å². The van der Waals surface area contributed by atoms with Crippen LogP contribution in [0.5, 0.6) is 0 Å². The molecule has 0 aromatic carbocycles. The molecule has 0 bridgehead atoms. The molecule has 1 aromatic heterocycles. The van der Waals surface area contributed by atoms with E-state index in [1.807, 2.05) is 26.8 Å². The van der Waals surface area contributed by atoms with Gasteiger partial charge in [-0.15, -0.1) is 23.2 Å². The quantitative estimate of drug-likeness (QED) is 0.449. The fraction of sp³-hybridized carbons (Fsp3) is 0.593. The Morgan fingerprint density at radius 1 is 1.29 bits per heavy atom. The van der Waals surface area contributed by atoms with E-state index in [2.05, 4.69) is 0 Å². The van der Waals surface area contributed by atoms with E-state index in [1.165, 1.54) is 18.4 Å². The van der Waals surface area contributed by atoms with Crippen LogP contribution in [0.3, 0.4) is 0 Å². The lowest BCUT2D eigenvalue weighted by Gasteiger charge is -2.64. The molecule has 4 aliphatic carbocycles. The van der Waals surface area contributed by atoms with E-state index >= 15 is 0 Å². The number of rotatable bonds is 4. The molecule has 1 unspecified atom stereocenters. The lowest BCUT2D eigenvalue weighted by atomic mass is 9.45. The van der Waals surface area contributed by atoms with Crippen molar-refractivity contribution in [1.29, 1.82) is 0 Å². The van der Waals surface area contributed by atoms with Crippen LogP contribution in [0.25, 0.3) is 0 Å². The van der Waals surface area contributed by atoms with E-state index in [-0.39, 0.29) is 47.4 Å². The van der Waals surface area contributed by atoms with Crippen molar-refractivity contribution in [3.05, 3.63) is 48.0 Å². The lowest BCUT2D eigenvalue weighted by Crippen LogP contribution is -2.69. The Bertz CT molecular complexity index is 1140. The van der Waals surface area contributed by atoms with Gasteiger partial charge in [-0.25, -0.2) is 4.79 Å². The number of hydrogen-bond acceptors (Lipinski definition) is 6. The Morgan fingerprint density at radius 2 is 2.03 bits per heavy atom.